The van der Waals surface area contributed by atoms with Crippen molar-refractivity contribution in [2.24, 2.45) is 0 Å². The van der Waals surface area contributed by atoms with Gasteiger partial charge in [-0.3, -0.25) is 9.52 Å². The third-order valence-corrected chi connectivity index (χ3v) is 6.82. The Kier molecular flexibility index (Phi) is 7.28. The number of halogens is 3. The molecule has 3 aromatic carbocycles. The number of rotatable bonds is 8. The summed E-state index contributed by atoms with van der Waals surface area (Å²) in [4.78, 5) is 15.1. The number of hydrogen-bond donors (Lipinski definition) is 3. The Morgan fingerprint density at radius 1 is 0.946 bits per heavy atom. The van der Waals surface area contributed by atoms with E-state index in [2.05, 4.69) is 15.5 Å². The fraction of sp³-hybridized carbons (Fsp3) is 0.192. The van der Waals surface area contributed by atoms with Gasteiger partial charge in [-0.25, -0.2) is 0 Å². The van der Waals surface area contributed by atoms with Crippen molar-refractivity contribution >= 4 is 44.3 Å². The highest BCUT2D eigenvalue weighted by Gasteiger charge is 2.46. The van der Waals surface area contributed by atoms with Crippen LogP contribution in [0.25, 0.3) is 11.3 Å². The zero-order valence-electron chi connectivity index (χ0n) is 20.1. The van der Waals surface area contributed by atoms with Gasteiger partial charge in [0, 0.05) is 29.2 Å². The summed E-state index contributed by atoms with van der Waals surface area (Å²) < 4.78 is 63.5. The van der Waals surface area contributed by atoms with E-state index in [0.29, 0.717) is 22.6 Å². The average Bonchev–Trinajstić information content (AvgIpc) is 3.16. The number of nitrogens with one attached hydrogen (secondary N) is 3. The smallest absolute Gasteiger partial charge is 0.354 e. The molecule has 0 radical (unpaired) electrons. The van der Waals surface area contributed by atoms with Crippen molar-refractivity contribution in [3.05, 3.63) is 89.5 Å². The standard InChI is InChI=1S/C26H25F3N4O3S/c1-33(2)15-14-17-8-10-19(11-9-17)30-24(18-6-4-3-5-7-18)23-21-16-20(12-13-22(21)31-25(23)34)32-37(35,36)26(27,28)29/h3-13,16,30,32H,14-15H2,1-2H3,(H,31,34)/b24-23-. The molecule has 0 saturated carbocycles. The second-order valence-electron chi connectivity index (χ2n) is 8.76. The molecule has 0 fully saturated rings. The quantitative estimate of drug-likeness (QED) is 0.357. The number of sulfonamides is 1. The van der Waals surface area contributed by atoms with Gasteiger partial charge in [-0.1, -0.05) is 42.5 Å². The van der Waals surface area contributed by atoms with Crippen molar-refractivity contribution in [3.8, 4) is 0 Å². The average molecular weight is 531 g/mol. The van der Waals surface area contributed by atoms with E-state index < -0.39 is 21.4 Å². The van der Waals surface area contributed by atoms with Crippen LogP contribution in [0, 0.1) is 0 Å². The molecule has 11 heteroatoms. The summed E-state index contributed by atoms with van der Waals surface area (Å²) in [6, 6.07) is 20.4. The molecular weight excluding hydrogens is 505 g/mol. The molecule has 0 unspecified atom stereocenters. The Morgan fingerprint density at radius 2 is 1.59 bits per heavy atom. The van der Waals surface area contributed by atoms with Gasteiger partial charge in [0.1, 0.15) is 0 Å². The van der Waals surface area contributed by atoms with Gasteiger partial charge < -0.3 is 15.5 Å². The maximum Gasteiger partial charge on any atom is 0.516 e. The van der Waals surface area contributed by atoms with E-state index in [9.17, 15) is 26.4 Å². The minimum absolute atomic E-state index is 0.172. The van der Waals surface area contributed by atoms with Gasteiger partial charge in [-0.05, 0) is 62.0 Å². The van der Waals surface area contributed by atoms with E-state index in [-0.39, 0.29) is 16.8 Å². The van der Waals surface area contributed by atoms with Crippen molar-refractivity contribution < 1.29 is 26.4 Å². The van der Waals surface area contributed by atoms with Crippen molar-refractivity contribution in [3.63, 3.8) is 0 Å². The predicted molar refractivity (Wildman–Crippen MR) is 139 cm³/mol. The lowest BCUT2D eigenvalue weighted by atomic mass is 9.99. The first kappa shape index (κ1) is 26.2. The van der Waals surface area contributed by atoms with E-state index >= 15 is 0 Å². The van der Waals surface area contributed by atoms with Crippen LogP contribution in [0.2, 0.25) is 0 Å². The summed E-state index contributed by atoms with van der Waals surface area (Å²) in [6.07, 6.45) is 0.867. The van der Waals surface area contributed by atoms with E-state index in [4.69, 9.17) is 0 Å². The maximum atomic E-state index is 13.1. The fourth-order valence-corrected chi connectivity index (χ4v) is 4.38. The molecule has 7 nitrogen and oxygen atoms in total. The van der Waals surface area contributed by atoms with Gasteiger partial charge in [0.25, 0.3) is 5.91 Å². The first-order valence-electron chi connectivity index (χ1n) is 11.3. The third-order valence-electron chi connectivity index (χ3n) is 5.70. The number of likely N-dealkylation sites (N-methyl/N-ethyl adjacent to an activating group) is 1. The first-order valence-corrected chi connectivity index (χ1v) is 12.8. The Labute approximate surface area is 213 Å². The number of fused-ring (bicyclic) bond motifs is 1. The number of carbonyl (C=O) groups excluding carboxylic acids is 1. The van der Waals surface area contributed by atoms with Crippen LogP contribution in [0.1, 0.15) is 16.7 Å². The number of alkyl halides is 3. The molecule has 0 bridgehead atoms. The lowest BCUT2D eigenvalue weighted by molar-refractivity contribution is -0.110. The summed E-state index contributed by atoms with van der Waals surface area (Å²) in [5, 5.41) is 5.98. The van der Waals surface area contributed by atoms with Crippen molar-refractivity contribution in [2.45, 2.75) is 11.9 Å². The molecule has 0 atom stereocenters. The summed E-state index contributed by atoms with van der Waals surface area (Å²) in [6.45, 7) is 0.892. The molecule has 0 saturated heterocycles. The molecular formula is C26H25F3N4O3S. The van der Waals surface area contributed by atoms with Crippen LogP contribution in [0.3, 0.4) is 0 Å². The van der Waals surface area contributed by atoms with Gasteiger partial charge in [-0.2, -0.15) is 21.6 Å². The van der Waals surface area contributed by atoms with E-state index in [1.807, 2.05) is 44.4 Å². The number of anilines is 3. The van der Waals surface area contributed by atoms with Gasteiger partial charge in [-0.15, -0.1) is 0 Å². The lowest BCUT2D eigenvalue weighted by Gasteiger charge is -2.16. The van der Waals surface area contributed by atoms with Crippen molar-refractivity contribution in [1.29, 1.82) is 0 Å². The van der Waals surface area contributed by atoms with E-state index in [1.165, 1.54) is 16.9 Å². The Morgan fingerprint density at radius 3 is 2.22 bits per heavy atom. The number of benzene rings is 3. The summed E-state index contributed by atoms with van der Waals surface area (Å²) in [5.74, 6) is -0.472. The SMILES string of the molecule is CN(C)CCc1ccc(N/C(=C2\C(=O)Nc3ccc(NS(=O)(=O)C(F)(F)F)cc32)c2ccccc2)cc1. The Balaban J connectivity index is 1.76. The molecule has 0 spiro atoms. The maximum absolute atomic E-state index is 13.1. The summed E-state index contributed by atoms with van der Waals surface area (Å²) in [5.41, 5.74) is -2.07. The monoisotopic (exact) mass is 530 g/mol. The fourth-order valence-electron chi connectivity index (χ4n) is 3.83. The van der Waals surface area contributed by atoms with Gasteiger partial charge >= 0.3 is 15.5 Å². The molecule has 0 aromatic heterocycles. The highest BCUT2D eigenvalue weighted by atomic mass is 32.2. The Bertz CT molecular complexity index is 1440. The van der Waals surface area contributed by atoms with Gasteiger partial charge in [0.15, 0.2) is 0 Å². The molecule has 3 aromatic rings. The highest BCUT2D eigenvalue weighted by Crippen LogP contribution is 2.39. The Hall–Kier alpha value is -3.83. The zero-order valence-corrected chi connectivity index (χ0v) is 20.9. The molecule has 1 amide bonds. The van der Waals surface area contributed by atoms with Crippen LogP contribution in [0.15, 0.2) is 72.8 Å². The summed E-state index contributed by atoms with van der Waals surface area (Å²) in [7, 11) is -1.63. The minimum Gasteiger partial charge on any atom is -0.354 e. The molecule has 1 aliphatic rings. The third kappa shape index (κ3) is 5.95. The second-order valence-corrected chi connectivity index (χ2v) is 10.4. The number of amides is 1. The number of nitrogens with zero attached hydrogens (tertiary/aromatic N) is 1. The number of hydrogen-bond acceptors (Lipinski definition) is 5. The first-order chi connectivity index (χ1) is 17.4. The topological polar surface area (TPSA) is 90.5 Å². The predicted octanol–water partition coefficient (Wildman–Crippen LogP) is 4.98. The van der Waals surface area contributed by atoms with E-state index in [0.717, 1.165) is 24.6 Å². The normalized spacial score (nSPS) is 14.8. The van der Waals surface area contributed by atoms with Gasteiger partial charge in [0.2, 0.25) is 0 Å². The van der Waals surface area contributed by atoms with Crippen LogP contribution in [-0.4, -0.2) is 45.4 Å². The van der Waals surface area contributed by atoms with Crippen LogP contribution < -0.4 is 15.4 Å². The van der Waals surface area contributed by atoms with Crippen LogP contribution in [0.5, 0.6) is 0 Å². The van der Waals surface area contributed by atoms with Crippen LogP contribution in [-0.2, 0) is 21.2 Å². The number of carbonyl (C=O) groups is 1. The van der Waals surface area contributed by atoms with Crippen molar-refractivity contribution in [2.75, 3.05) is 36.0 Å². The van der Waals surface area contributed by atoms with Gasteiger partial charge in [0.05, 0.1) is 11.3 Å². The zero-order chi connectivity index (χ0) is 26.8. The molecule has 3 N–H and O–H groups in total. The van der Waals surface area contributed by atoms with E-state index in [1.54, 1.807) is 24.3 Å². The molecule has 37 heavy (non-hydrogen) atoms. The largest absolute Gasteiger partial charge is 0.516 e. The summed E-state index contributed by atoms with van der Waals surface area (Å²) >= 11 is 0. The second kappa shape index (κ2) is 10.3. The van der Waals surface area contributed by atoms with Crippen molar-refractivity contribution in [1.82, 2.24) is 4.90 Å². The molecule has 1 aliphatic heterocycles. The van der Waals surface area contributed by atoms with Crippen LogP contribution in [0.4, 0.5) is 30.2 Å². The molecule has 4 rings (SSSR count). The molecule has 0 aliphatic carbocycles. The van der Waals surface area contributed by atoms with Crippen LogP contribution >= 0.6 is 0 Å². The lowest BCUT2D eigenvalue weighted by Crippen LogP contribution is -2.29. The molecule has 194 valence electrons. The molecule has 1 heterocycles. The highest BCUT2D eigenvalue weighted by molar-refractivity contribution is 7.93. The minimum atomic E-state index is -5.62.